The number of likely N-dealkylation sites (N-methyl/N-ethyl adjacent to an activating group) is 1. The molecule has 0 radical (unpaired) electrons. The third-order valence-corrected chi connectivity index (χ3v) is 9.22. The summed E-state index contributed by atoms with van der Waals surface area (Å²) < 4.78 is 20.2. The zero-order valence-electron chi connectivity index (χ0n) is 23.4. The van der Waals surface area contributed by atoms with Gasteiger partial charge in [0.1, 0.15) is 16.7 Å². The average molecular weight is 536 g/mol. The van der Waals surface area contributed by atoms with E-state index in [2.05, 4.69) is 10.2 Å². The Morgan fingerprint density at radius 3 is 2.16 bits per heavy atom. The second-order valence-corrected chi connectivity index (χ2v) is 12.2. The predicted octanol–water partition coefficient (Wildman–Crippen LogP) is 1.79. The van der Waals surface area contributed by atoms with Gasteiger partial charge in [0.15, 0.2) is 0 Å². The summed E-state index contributed by atoms with van der Waals surface area (Å²) in [5, 5.41) is 3.20. The molecule has 1 atom stereocenters. The molecule has 1 saturated carbocycles. The van der Waals surface area contributed by atoms with Gasteiger partial charge in [-0.2, -0.15) is 0 Å². The highest BCUT2D eigenvalue weighted by Crippen LogP contribution is 2.26. The fraction of sp³-hybridized carbons (Fsp3) is 0.704. The maximum atomic E-state index is 13.1. The van der Waals surface area contributed by atoms with Gasteiger partial charge in [0.2, 0.25) is 11.8 Å². The molecule has 0 aromatic heterocycles. The van der Waals surface area contributed by atoms with Crippen LogP contribution in [0.25, 0.3) is 0 Å². The normalized spacial score (nSPS) is 21.8. The number of ether oxygens (including phenoxy) is 1. The van der Waals surface area contributed by atoms with E-state index in [0.29, 0.717) is 25.6 Å². The van der Waals surface area contributed by atoms with E-state index in [1.165, 1.54) is 0 Å². The molecule has 208 valence electrons. The number of nitrogens with one attached hydrogen (secondary N) is 1. The first-order valence-electron chi connectivity index (χ1n) is 13.3. The van der Waals surface area contributed by atoms with Crippen LogP contribution in [0.2, 0.25) is 0 Å². The summed E-state index contributed by atoms with van der Waals surface area (Å²) in [6, 6.07) is 4.51. The van der Waals surface area contributed by atoms with E-state index in [9.17, 15) is 13.8 Å². The number of carbonyl (C=O) groups excluding carboxylic acids is 2. The first-order chi connectivity index (χ1) is 17.6. The summed E-state index contributed by atoms with van der Waals surface area (Å²) in [6.07, 6.45) is 4.40. The molecule has 1 aliphatic carbocycles. The number of amides is 2. The van der Waals surface area contributed by atoms with E-state index in [1.807, 2.05) is 49.9 Å². The Bertz CT molecular complexity index is 933. The smallest absolute Gasteiger partial charge is 0.236 e. The van der Waals surface area contributed by atoms with Gasteiger partial charge in [-0.15, -0.1) is 0 Å². The summed E-state index contributed by atoms with van der Waals surface area (Å²) in [5.41, 5.74) is 1.84. The molecule has 1 N–H and O–H groups in total. The van der Waals surface area contributed by atoms with Crippen LogP contribution in [0.15, 0.2) is 17.0 Å². The lowest BCUT2D eigenvalue weighted by molar-refractivity contribution is -0.134. The highest BCUT2D eigenvalue weighted by molar-refractivity contribution is 7.82. The number of methoxy groups -OCH3 is 1. The minimum atomic E-state index is -1.34. The zero-order chi connectivity index (χ0) is 27.1. The average Bonchev–Trinajstić information content (AvgIpc) is 2.86. The van der Waals surface area contributed by atoms with E-state index in [4.69, 9.17) is 4.74 Å². The molecule has 2 aliphatic rings. The van der Waals surface area contributed by atoms with Gasteiger partial charge in [-0.1, -0.05) is 0 Å². The van der Waals surface area contributed by atoms with Crippen molar-refractivity contribution in [1.29, 1.82) is 0 Å². The SMILES string of the molecule is COc1cc(C)c(S(=O)N(C)CCC(=O)NC2CCC(N3CCN(C(=O)CN(C)C)CC3)CC2)c(C)c1. The highest BCUT2D eigenvalue weighted by Gasteiger charge is 2.30. The van der Waals surface area contributed by atoms with E-state index >= 15 is 0 Å². The molecule has 0 bridgehead atoms. The Kier molecular flexibility index (Phi) is 10.9. The third-order valence-electron chi connectivity index (χ3n) is 7.48. The van der Waals surface area contributed by atoms with E-state index in [1.54, 1.807) is 18.5 Å². The highest BCUT2D eigenvalue weighted by atomic mass is 32.2. The molecule has 37 heavy (non-hydrogen) atoms. The van der Waals surface area contributed by atoms with E-state index in [0.717, 1.165) is 73.6 Å². The number of nitrogens with zero attached hydrogens (tertiary/aromatic N) is 4. The van der Waals surface area contributed by atoms with Gasteiger partial charge in [-0.05, 0) is 76.9 Å². The van der Waals surface area contributed by atoms with Crippen LogP contribution in [0.3, 0.4) is 0 Å². The summed E-state index contributed by atoms with van der Waals surface area (Å²) in [4.78, 5) is 32.1. The molecule has 1 aromatic rings. The lowest BCUT2D eigenvalue weighted by Gasteiger charge is -2.42. The molecular weight excluding hydrogens is 490 g/mol. The van der Waals surface area contributed by atoms with Gasteiger partial charge < -0.3 is 19.9 Å². The molecule has 1 aromatic carbocycles. The van der Waals surface area contributed by atoms with Crippen molar-refractivity contribution in [3.63, 3.8) is 0 Å². The van der Waals surface area contributed by atoms with Crippen molar-refractivity contribution in [2.24, 2.45) is 0 Å². The van der Waals surface area contributed by atoms with Gasteiger partial charge in [0.05, 0.1) is 18.6 Å². The van der Waals surface area contributed by atoms with Crippen molar-refractivity contribution in [3.8, 4) is 5.75 Å². The van der Waals surface area contributed by atoms with Gasteiger partial charge in [-0.25, -0.2) is 8.51 Å². The fourth-order valence-electron chi connectivity index (χ4n) is 5.39. The van der Waals surface area contributed by atoms with Crippen LogP contribution in [0, 0.1) is 13.8 Å². The molecule has 2 fully saturated rings. The second-order valence-electron chi connectivity index (χ2n) is 10.7. The van der Waals surface area contributed by atoms with Crippen LogP contribution in [0.5, 0.6) is 5.75 Å². The van der Waals surface area contributed by atoms with Gasteiger partial charge in [0.25, 0.3) is 0 Å². The standard InChI is InChI=1S/C27H45N5O4S/c1-20-17-24(36-6)18-21(2)27(20)37(35)30(5)12-11-25(33)28-22-7-9-23(10-8-22)31-13-15-32(16-14-31)26(34)19-29(3)4/h17-18,22-23H,7-16,19H2,1-6H3,(H,28,33). The number of hydrogen-bond acceptors (Lipinski definition) is 6. The quantitative estimate of drug-likeness (QED) is 0.492. The van der Waals surface area contributed by atoms with Crippen molar-refractivity contribution in [2.45, 2.75) is 62.9 Å². The van der Waals surface area contributed by atoms with Gasteiger partial charge in [-0.3, -0.25) is 14.5 Å². The number of benzene rings is 1. The van der Waals surface area contributed by atoms with Crippen LogP contribution in [-0.2, 0) is 20.6 Å². The molecule has 2 amide bonds. The Morgan fingerprint density at radius 2 is 1.62 bits per heavy atom. The number of piperazine rings is 1. The van der Waals surface area contributed by atoms with Gasteiger partial charge in [0, 0.05) is 58.3 Å². The number of carbonyl (C=O) groups is 2. The minimum Gasteiger partial charge on any atom is -0.497 e. The Hall–Kier alpha value is -2.01. The molecule has 1 aliphatic heterocycles. The van der Waals surface area contributed by atoms with Crippen LogP contribution < -0.4 is 10.1 Å². The van der Waals surface area contributed by atoms with Crippen molar-refractivity contribution in [1.82, 2.24) is 24.3 Å². The number of hydrogen-bond donors (Lipinski definition) is 1. The molecular formula is C27H45N5O4S. The van der Waals surface area contributed by atoms with Crippen molar-refractivity contribution >= 4 is 22.8 Å². The molecule has 10 heteroatoms. The zero-order valence-corrected chi connectivity index (χ0v) is 24.2. The predicted molar refractivity (Wildman–Crippen MR) is 147 cm³/mol. The maximum Gasteiger partial charge on any atom is 0.236 e. The van der Waals surface area contributed by atoms with Crippen molar-refractivity contribution < 1.29 is 18.5 Å². The first-order valence-corrected chi connectivity index (χ1v) is 14.4. The largest absolute Gasteiger partial charge is 0.497 e. The molecule has 1 saturated heterocycles. The van der Waals surface area contributed by atoms with Crippen molar-refractivity contribution in [3.05, 3.63) is 23.3 Å². The number of rotatable bonds is 10. The van der Waals surface area contributed by atoms with E-state index in [-0.39, 0.29) is 17.9 Å². The lowest BCUT2D eigenvalue weighted by Crippen LogP contribution is -2.54. The summed E-state index contributed by atoms with van der Waals surface area (Å²) in [7, 11) is 5.94. The Labute approximate surface area is 225 Å². The number of aryl methyl sites for hydroxylation is 2. The second kappa shape index (κ2) is 13.7. The lowest BCUT2D eigenvalue weighted by atomic mass is 9.89. The molecule has 0 spiro atoms. The Morgan fingerprint density at radius 1 is 1.03 bits per heavy atom. The monoisotopic (exact) mass is 535 g/mol. The topological polar surface area (TPSA) is 85.4 Å². The summed E-state index contributed by atoms with van der Waals surface area (Å²) in [6.45, 7) is 8.22. The van der Waals surface area contributed by atoms with Crippen LogP contribution in [-0.4, -0.2) is 115 Å². The molecule has 1 heterocycles. The van der Waals surface area contributed by atoms with Crippen LogP contribution in [0.1, 0.15) is 43.2 Å². The van der Waals surface area contributed by atoms with Gasteiger partial charge >= 0.3 is 0 Å². The maximum absolute atomic E-state index is 13.1. The first kappa shape index (κ1) is 29.5. The van der Waals surface area contributed by atoms with Crippen LogP contribution in [0.4, 0.5) is 0 Å². The molecule has 3 rings (SSSR count). The summed E-state index contributed by atoms with van der Waals surface area (Å²) in [5.74, 6) is 0.980. The molecule has 9 nitrogen and oxygen atoms in total. The van der Waals surface area contributed by atoms with E-state index < -0.39 is 11.0 Å². The minimum absolute atomic E-state index is 0.0171. The van der Waals surface area contributed by atoms with Crippen molar-refractivity contribution in [2.75, 3.05) is 67.5 Å². The Balaban J connectivity index is 1.38. The summed E-state index contributed by atoms with van der Waals surface area (Å²) >= 11 is 0. The van der Waals surface area contributed by atoms with Crippen LogP contribution >= 0.6 is 0 Å². The molecule has 1 unspecified atom stereocenters. The third kappa shape index (κ3) is 8.24. The fourth-order valence-corrected chi connectivity index (χ4v) is 6.63.